The van der Waals surface area contributed by atoms with Crippen molar-refractivity contribution in [3.05, 3.63) is 169 Å². The molecule has 2 aromatic heterocycles. The number of para-hydroxylation sites is 1. The molecule has 4 heteroatoms. The second kappa shape index (κ2) is 10.8. The molecule has 0 bridgehead atoms. The molecule has 0 atom stereocenters. The maximum absolute atomic E-state index is 6.43. The van der Waals surface area contributed by atoms with Crippen molar-refractivity contribution in [3.8, 4) is 33.7 Å². The van der Waals surface area contributed by atoms with Crippen LogP contribution in [-0.2, 0) is 5.41 Å². The van der Waals surface area contributed by atoms with E-state index in [1.807, 2.05) is 36.4 Å². The molecule has 10 rings (SSSR count). The Balaban J connectivity index is 1.18. The predicted octanol–water partition coefficient (Wildman–Crippen LogP) is 12.8. The van der Waals surface area contributed by atoms with Crippen molar-refractivity contribution in [2.24, 2.45) is 0 Å². The van der Waals surface area contributed by atoms with Crippen LogP contribution in [0.15, 0.2) is 167 Å². The van der Waals surface area contributed by atoms with E-state index in [2.05, 4.69) is 140 Å². The molecule has 50 heavy (non-hydrogen) atoms. The number of furan rings is 1. The van der Waals surface area contributed by atoms with Gasteiger partial charge in [0, 0.05) is 44.8 Å². The minimum absolute atomic E-state index is 0.126. The van der Waals surface area contributed by atoms with Crippen LogP contribution in [0.2, 0.25) is 0 Å². The van der Waals surface area contributed by atoms with Gasteiger partial charge in [-0.1, -0.05) is 111 Å². The van der Waals surface area contributed by atoms with Crippen molar-refractivity contribution >= 4 is 50.1 Å². The van der Waals surface area contributed by atoms with E-state index in [-0.39, 0.29) is 5.41 Å². The summed E-state index contributed by atoms with van der Waals surface area (Å²) in [6.45, 7) is 4.67. The van der Waals surface area contributed by atoms with Crippen LogP contribution in [0.3, 0.4) is 0 Å². The standard InChI is InChI=1S/C46H32N2O2/c1-46(2)38-19-11-9-18-34(38)35-23-21-32(26-39(35)46)48(41-20-12-10-17-33(41)29-13-5-3-6-14-29)31-22-24-42-36(25-31)37-27-40-44(28-43(37)49-42)50-45(47-40)30-15-7-4-8-16-30/h3-28H,1-2H3. The highest BCUT2D eigenvalue weighted by Crippen LogP contribution is 2.51. The molecule has 1 aliphatic rings. The molecule has 1 aliphatic carbocycles. The van der Waals surface area contributed by atoms with Crippen LogP contribution < -0.4 is 4.90 Å². The van der Waals surface area contributed by atoms with Gasteiger partial charge in [0.05, 0.1) is 5.69 Å². The van der Waals surface area contributed by atoms with Crippen molar-refractivity contribution in [3.63, 3.8) is 0 Å². The average Bonchev–Trinajstić information content (AvgIpc) is 3.81. The van der Waals surface area contributed by atoms with Crippen molar-refractivity contribution in [2.45, 2.75) is 19.3 Å². The third-order valence-electron chi connectivity index (χ3n) is 10.3. The summed E-state index contributed by atoms with van der Waals surface area (Å²) in [6, 6.07) is 55.6. The van der Waals surface area contributed by atoms with E-state index in [9.17, 15) is 0 Å². The Bertz CT molecular complexity index is 2740. The molecule has 0 fully saturated rings. The molecule has 0 saturated carbocycles. The molecule has 238 valence electrons. The van der Waals surface area contributed by atoms with Gasteiger partial charge in [0.2, 0.25) is 5.89 Å². The zero-order chi connectivity index (χ0) is 33.4. The molecular weight excluding hydrogens is 613 g/mol. The smallest absolute Gasteiger partial charge is 0.227 e. The summed E-state index contributed by atoms with van der Waals surface area (Å²) in [4.78, 5) is 7.25. The normalized spacial score (nSPS) is 13.2. The Morgan fingerprint density at radius 2 is 1.12 bits per heavy atom. The fourth-order valence-corrected chi connectivity index (χ4v) is 7.82. The van der Waals surface area contributed by atoms with E-state index in [1.54, 1.807) is 0 Å². The number of fused-ring (bicyclic) bond motifs is 7. The Kier molecular flexibility index (Phi) is 6.19. The van der Waals surface area contributed by atoms with E-state index in [0.29, 0.717) is 11.5 Å². The number of hydrogen-bond acceptors (Lipinski definition) is 4. The largest absolute Gasteiger partial charge is 0.456 e. The fraction of sp³-hybridized carbons (Fsp3) is 0.0652. The van der Waals surface area contributed by atoms with Crippen LogP contribution in [-0.4, -0.2) is 4.98 Å². The molecule has 0 spiro atoms. The van der Waals surface area contributed by atoms with Gasteiger partial charge in [-0.05, 0) is 82.4 Å². The topological polar surface area (TPSA) is 42.4 Å². The molecule has 0 radical (unpaired) electrons. The van der Waals surface area contributed by atoms with E-state index < -0.39 is 0 Å². The van der Waals surface area contributed by atoms with Gasteiger partial charge in [0.15, 0.2) is 5.58 Å². The lowest BCUT2D eigenvalue weighted by Crippen LogP contribution is -2.16. The molecule has 4 nitrogen and oxygen atoms in total. The predicted molar refractivity (Wildman–Crippen MR) is 204 cm³/mol. The van der Waals surface area contributed by atoms with Gasteiger partial charge in [-0.15, -0.1) is 0 Å². The second-order valence-corrected chi connectivity index (χ2v) is 13.6. The lowest BCUT2D eigenvalue weighted by atomic mass is 9.82. The summed E-state index contributed by atoms with van der Waals surface area (Å²) in [5, 5.41) is 2.03. The van der Waals surface area contributed by atoms with Gasteiger partial charge in [-0.25, -0.2) is 4.98 Å². The van der Waals surface area contributed by atoms with Crippen molar-refractivity contribution in [2.75, 3.05) is 4.90 Å². The van der Waals surface area contributed by atoms with E-state index >= 15 is 0 Å². The quantitative estimate of drug-likeness (QED) is 0.187. The van der Waals surface area contributed by atoms with Gasteiger partial charge in [0.25, 0.3) is 0 Å². The third kappa shape index (κ3) is 4.35. The molecule has 0 amide bonds. The molecule has 2 heterocycles. The van der Waals surface area contributed by atoms with Crippen LogP contribution in [0.4, 0.5) is 17.1 Å². The summed E-state index contributed by atoms with van der Waals surface area (Å²) in [5.74, 6) is 0.601. The second-order valence-electron chi connectivity index (χ2n) is 13.6. The number of benzene rings is 7. The Hall–Kier alpha value is -6.39. The minimum atomic E-state index is -0.126. The van der Waals surface area contributed by atoms with Crippen LogP contribution in [0.25, 0.3) is 66.7 Å². The Morgan fingerprint density at radius 1 is 0.480 bits per heavy atom. The zero-order valence-electron chi connectivity index (χ0n) is 27.7. The molecule has 0 N–H and O–H groups in total. The SMILES string of the molecule is CC1(C)c2ccccc2-c2ccc(N(c3ccc4oc5cc6oc(-c7ccccc7)nc6cc5c4c3)c3ccccc3-c3ccccc3)cc21. The van der Waals surface area contributed by atoms with Gasteiger partial charge < -0.3 is 13.7 Å². The first-order valence-electron chi connectivity index (χ1n) is 17.0. The van der Waals surface area contributed by atoms with E-state index in [1.165, 1.54) is 27.8 Å². The van der Waals surface area contributed by atoms with E-state index in [0.717, 1.165) is 55.6 Å². The molecule has 9 aromatic rings. The van der Waals surface area contributed by atoms with Crippen molar-refractivity contribution in [1.29, 1.82) is 0 Å². The summed E-state index contributed by atoms with van der Waals surface area (Å²) < 4.78 is 12.6. The Labute approximate surface area is 289 Å². The van der Waals surface area contributed by atoms with Gasteiger partial charge >= 0.3 is 0 Å². The summed E-state index contributed by atoms with van der Waals surface area (Å²) in [7, 11) is 0. The summed E-state index contributed by atoms with van der Waals surface area (Å²) in [5.41, 5.74) is 14.8. The van der Waals surface area contributed by atoms with Crippen LogP contribution >= 0.6 is 0 Å². The third-order valence-corrected chi connectivity index (χ3v) is 10.3. The Morgan fingerprint density at radius 3 is 1.94 bits per heavy atom. The highest BCUT2D eigenvalue weighted by atomic mass is 16.4. The lowest BCUT2D eigenvalue weighted by Gasteiger charge is -2.30. The molecule has 0 saturated heterocycles. The minimum Gasteiger partial charge on any atom is -0.456 e. The number of nitrogens with zero attached hydrogens (tertiary/aromatic N) is 2. The molecule has 0 aliphatic heterocycles. The summed E-state index contributed by atoms with van der Waals surface area (Å²) in [6.07, 6.45) is 0. The first-order chi connectivity index (χ1) is 24.5. The molecule has 0 unspecified atom stereocenters. The lowest BCUT2D eigenvalue weighted by molar-refractivity contribution is 0.617. The number of aromatic nitrogens is 1. The number of anilines is 3. The zero-order valence-corrected chi connectivity index (χ0v) is 27.7. The molecule has 7 aromatic carbocycles. The first kappa shape index (κ1) is 28.6. The summed E-state index contributed by atoms with van der Waals surface area (Å²) >= 11 is 0. The van der Waals surface area contributed by atoms with E-state index in [4.69, 9.17) is 13.8 Å². The number of oxazole rings is 1. The maximum Gasteiger partial charge on any atom is 0.227 e. The monoisotopic (exact) mass is 644 g/mol. The van der Waals surface area contributed by atoms with Crippen LogP contribution in [0.1, 0.15) is 25.0 Å². The molecular formula is C46H32N2O2. The highest BCUT2D eigenvalue weighted by Gasteiger charge is 2.36. The number of hydrogen-bond donors (Lipinski definition) is 0. The van der Waals surface area contributed by atoms with Gasteiger partial charge in [-0.2, -0.15) is 0 Å². The van der Waals surface area contributed by atoms with Crippen LogP contribution in [0, 0.1) is 0 Å². The first-order valence-corrected chi connectivity index (χ1v) is 17.0. The highest BCUT2D eigenvalue weighted by molar-refractivity contribution is 6.10. The van der Waals surface area contributed by atoms with Gasteiger partial charge in [0.1, 0.15) is 16.7 Å². The number of rotatable bonds is 5. The fourth-order valence-electron chi connectivity index (χ4n) is 7.82. The van der Waals surface area contributed by atoms with Crippen LogP contribution in [0.5, 0.6) is 0 Å². The van der Waals surface area contributed by atoms with Crippen molar-refractivity contribution in [1.82, 2.24) is 4.98 Å². The van der Waals surface area contributed by atoms with Crippen molar-refractivity contribution < 1.29 is 8.83 Å². The maximum atomic E-state index is 6.43. The average molecular weight is 645 g/mol. The van der Waals surface area contributed by atoms with Gasteiger partial charge in [-0.3, -0.25) is 0 Å².